The number of carbonyl (C=O) groups is 1. The van der Waals surface area contributed by atoms with Gasteiger partial charge in [0.25, 0.3) is 5.56 Å². The Bertz CT molecular complexity index is 1300. The van der Waals surface area contributed by atoms with Crippen molar-refractivity contribution in [2.45, 2.75) is 13.0 Å². The molecule has 8 heteroatoms. The molecule has 31 heavy (non-hydrogen) atoms. The van der Waals surface area contributed by atoms with E-state index >= 15 is 0 Å². The van der Waals surface area contributed by atoms with Crippen molar-refractivity contribution >= 4 is 33.1 Å². The molecule has 0 saturated heterocycles. The highest BCUT2D eigenvalue weighted by atomic mass is 32.1. The number of benzene rings is 2. The molecule has 4 rings (SSSR count). The molecule has 1 unspecified atom stereocenters. The highest BCUT2D eigenvalue weighted by Crippen LogP contribution is 2.31. The Kier molecular flexibility index (Phi) is 5.73. The quantitative estimate of drug-likeness (QED) is 0.487. The van der Waals surface area contributed by atoms with Crippen LogP contribution in [-0.2, 0) is 4.79 Å². The van der Waals surface area contributed by atoms with Gasteiger partial charge in [-0.2, -0.15) is 0 Å². The van der Waals surface area contributed by atoms with Crippen LogP contribution in [0.1, 0.15) is 13.0 Å². The van der Waals surface area contributed by atoms with Crippen molar-refractivity contribution < 1.29 is 14.3 Å². The van der Waals surface area contributed by atoms with Crippen molar-refractivity contribution in [1.29, 1.82) is 0 Å². The summed E-state index contributed by atoms with van der Waals surface area (Å²) in [7, 11) is 3.07. The van der Waals surface area contributed by atoms with Gasteiger partial charge in [0.05, 0.1) is 25.9 Å². The Labute approximate surface area is 182 Å². The van der Waals surface area contributed by atoms with Gasteiger partial charge in [0, 0.05) is 22.7 Å². The molecule has 0 bridgehead atoms. The van der Waals surface area contributed by atoms with Crippen LogP contribution in [0.15, 0.2) is 65.0 Å². The normalized spacial score (nSPS) is 11.8. The van der Waals surface area contributed by atoms with Gasteiger partial charge in [-0.1, -0.05) is 30.3 Å². The zero-order valence-electron chi connectivity index (χ0n) is 17.3. The van der Waals surface area contributed by atoms with Crippen LogP contribution in [0.4, 0.5) is 5.69 Å². The van der Waals surface area contributed by atoms with Crippen molar-refractivity contribution in [2.75, 3.05) is 19.5 Å². The van der Waals surface area contributed by atoms with E-state index in [0.29, 0.717) is 27.4 Å². The monoisotopic (exact) mass is 435 g/mol. The van der Waals surface area contributed by atoms with E-state index in [9.17, 15) is 9.59 Å². The largest absolute Gasteiger partial charge is 0.493 e. The van der Waals surface area contributed by atoms with Gasteiger partial charge in [0.15, 0.2) is 11.5 Å². The van der Waals surface area contributed by atoms with Crippen LogP contribution in [0, 0.1) is 0 Å². The first kappa shape index (κ1) is 20.6. The molecule has 158 valence electrons. The Morgan fingerprint density at radius 1 is 1.10 bits per heavy atom. The Balaban J connectivity index is 1.66. The molecule has 4 aromatic rings. The summed E-state index contributed by atoms with van der Waals surface area (Å²) >= 11 is 1.41. The van der Waals surface area contributed by atoms with Crippen molar-refractivity contribution in [3.8, 4) is 22.6 Å². The maximum Gasteiger partial charge on any atom is 0.263 e. The molecule has 7 nitrogen and oxygen atoms in total. The molecule has 0 spiro atoms. The number of carbonyl (C=O) groups excluding carboxylic acids is 1. The summed E-state index contributed by atoms with van der Waals surface area (Å²) < 4.78 is 11.9. The molecular formula is C23H21N3O4S. The van der Waals surface area contributed by atoms with Crippen molar-refractivity contribution in [1.82, 2.24) is 9.55 Å². The van der Waals surface area contributed by atoms with Crippen LogP contribution < -0.4 is 20.3 Å². The van der Waals surface area contributed by atoms with Crippen molar-refractivity contribution in [3.63, 3.8) is 0 Å². The number of methoxy groups -OCH3 is 2. The minimum atomic E-state index is -0.763. The number of anilines is 1. The van der Waals surface area contributed by atoms with Crippen molar-refractivity contribution in [2.24, 2.45) is 0 Å². The number of rotatable bonds is 6. The first-order valence-electron chi connectivity index (χ1n) is 9.60. The minimum Gasteiger partial charge on any atom is -0.493 e. The molecule has 1 atom stereocenters. The van der Waals surface area contributed by atoms with Gasteiger partial charge >= 0.3 is 0 Å². The first-order valence-corrected chi connectivity index (χ1v) is 10.5. The summed E-state index contributed by atoms with van der Waals surface area (Å²) in [6.45, 7) is 1.67. The van der Waals surface area contributed by atoms with Gasteiger partial charge in [-0.15, -0.1) is 11.3 Å². The lowest BCUT2D eigenvalue weighted by molar-refractivity contribution is -0.118. The second-order valence-corrected chi connectivity index (χ2v) is 7.75. The summed E-state index contributed by atoms with van der Waals surface area (Å²) in [5.74, 6) is 0.719. The first-order chi connectivity index (χ1) is 15.0. The summed E-state index contributed by atoms with van der Waals surface area (Å²) in [6.07, 6.45) is 1.43. The van der Waals surface area contributed by atoms with Crippen LogP contribution in [-0.4, -0.2) is 29.7 Å². The average molecular weight is 436 g/mol. The summed E-state index contributed by atoms with van der Waals surface area (Å²) in [5.41, 5.74) is 2.05. The zero-order chi connectivity index (χ0) is 22.0. The number of nitrogens with one attached hydrogen (secondary N) is 1. The molecular weight excluding hydrogens is 414 g/mol. The predicted molar refractivity (Wildman–Crippen MR) is 122 cm³/mol. The molecule has 0 radical (unpaired) electrons. The van der Waals surface area contributed by atoms with Crippen LogP contribution >= 0.6 is 11.3 Å². The number of hydrogen-bond acceptors (Lipinski definition) is 6. The molecule has 1 amide bonds. The fourth-order valence-electron chi connectivity index (χ4n) is 3.34. The number of nitrogens with zero attached hydrogens (tertiary/aromatic N) is 2. The molecule has 0 aliphatic heterocycles. The Hall–Kier alpha value is -3.65. The van der Waals surface area contributed by atoms with E-state index in [-0.39, 0.29) is 11.5 Å². The lowest BCUT2D eigenvalue weighted by atomic mass is 10.1. The standard InChI is InChI=1S/C23H21N3O4S/c1-14(21(27)25-16-9-10-18(29-2)19(11-16)30-3)26-13-24-22-20(23(26)28)17(12-31-22)15-7-5-4-6-8-15/h4-14H,1-3H3,(H,25,27). The lowest BCUT2D eigenvalue weighted by Gasteiger charge is -2.16. The third-order valence-electron chi connectivity index (χ3n) is 5.05. The van der Waals surface area contributed by atoms with E-state index in [0.717, 1.165) is 11.1 Å². The van der Waals surface area contributed by atoms with Gasteiger partial charge < -0.3 is 14.8 Å². The number of fused-ring (bicyclic) bond motifs is 1. The Morgan fingerprint density at radius 2 is 1.84 bits per heavy atom. The van der Waals surface area contributed by atoms with Crippen LogP contribution in [0.3, 0.4) is 0 Å². The van der Waals surface area contributed by atoms with Crippen LogP contribution in [0.5, 0.6) is 11.5 Å². The number of amides is 1. The summed E-state index contributed by atoms with van der Waals surface area (Å²) in [4.78, 5) is 31.2. The molecule has 0 aliphatic rings. The molecule has 0 fully saturated rings. The smallest absolute Gasteiger partial charge is 0.263 e. The van der Waals surface area contributed by atoms with Crippen LogP contribution in [0.2, 0.25) is 0 Å². The molecule has 0 saturated carbocycles. The second-order valence-electron chi connectivity index (χ2n) is 6.89. The number of aromatic nitrogens is 2. The topological polar surface area (TPSA) is 82.5 Å². The molecule has 2 heterocycles. The molecule has 2 aromatic carbocycles. The zero-order valence-corrected chi connectivity index (χ0v) is 18.1. The number of thiophene rings is 1. The molecule has 2 aromatic heterocycles. The fourth-order valence-corrected chi connectivity index (χ4v) is 4.25. The minimum absolute atomic E-state index is 0.250. The highest BCUT2D eigenvalue weighted by Gasteiger charge is 2.21. The maximum absolute atomic E-state index is 13.3. The number of hydrogen-bond donors (Lipinski definition) is 1. The third kappa shape index (κ3) is 3.89. The Morgan fingerprint density at radius 3 is 2.55 bits per heavy atom. The van der Waals surface area contributed by atoms with E-state index in [1.54, 1.807) is 32.2 Å². The number of ether oxygens (including phenoxy) is 2. The van der Waals surface area contributed by atoms with Gasteiger partial charge in [-0.3, -0.25) is 14.2 Å². The fraction of sp³-hybridized carbons (Fsp3) is 0.174. The SMILES string of the molecule is COc1ccc(NC(=O)C(C)n2cnc3scc(-c4ccccc4)c3c2=O)cc1OC. The van der Waals surface area contributed by atoms with E-state index < -0.39 is 6.04 Å². The van der Waals surface area contributed by atoms with E-state index in [1.165, 1.54) is 29.3 Å². The molecule has 0 aliphatic carbocycles. The van der Waals surface area contributed by atoms with E-state index in [2.05, 4.69) is 10.3 Å². The summed E-state index contributed by atoms with van der Waals surface area (Å²) in [5, 5.41) is 5.26. The second kappa shape index (κ2) is 8.61. The van der Waals surface area contributed by atoms with Gasteiger partial charge in [-0.05, 0) is 24.6 Å². The van der Waals surface area contributed by atoms with E-state index in [4.69, 9.17) is 9.47 Å². The van der Waals surface area contributed by atoms with E-state index in [1.807, 2.05) is 35.7 Å². The maximum atomic E-state index is 13.3. The average Bonchev–Trinajstić information content (AvgIpc) is 3.24. The van der Waals surface area contributed by atoms with Crippen LogP contribution in [0.25, 0.3) is 21.3 Å². The van der Waals surface area contributed by atoms with Gasteiger partial charge in [0.1, 0.15) is 10.9 Å². The summed E-state index contributed by atoms with van der Waals surface area (Å²) in [6, 6.07) is 14.0. The predicted octanol–water partition coefficient (Wildman–Crippen LogP) is 4.34. The lowest BCUT2D eigenvalue weighted by Crippen LogP contribution is -2.31. The highest BCUT2D eigenvalue weighted by molar-refractivity contribution is 7.17. The molecule has 1 N–H and O–H groups in total. The van der Waals surface area contributed by atoms with Gasteiger partial charge in [-0.25, -0.2) is 4.98 Å². The van der Waals surface area contributed by atoms with Gasteiger partial charge in [0.2, 0.25) is 5.91 Å². The van der Waals surface area contributed by atoms with Crippen molar-refractivity contribution in [3.05, 3.63) is 70.6 Å². The third-order valence-corrected chi connectivity index (χ3v) is 5.94.